The fourth-order valence-corrected chi connectivity index (χ4v) is 2.04. The van der Waals surface area contributed by atoms with Crippen molar-refractivity contribution in [2.45, 2.75) is 26.9 Å². The maximum absolute atomic E-state index is 6.05. The van der Waals surface area contributed by atoms with E-state index >= 15 is 0 Å². The van der Waals surface area contributed by atoms with E-state index in [1.165, 1.54) is 0 Å². The highest BCUT2D eigenvalue weighted by molar-refractivity contribution is 5.47. The Labute approximate surface area is 96.2 Å². The van der Waals surface area contributed by atoms with Gasteiger partial charge in [0.1, 0.15) is 0 Å². The average molecular weight is 224 g/mol. The first-order valence-corrected chi connectivity index (χ1v) is 5.84. The van der Waals surface area contributed by atoms with Gasteiger partial charge in [-0.1, -0.05) is 0 Å². The van der Waals surface area contributed by atoms with Crippen molar-refractivity contribution in [3.63, 3.8) is 0 Å². The Hall–Kier alpha value is -1.07. The molecule has 2 heterocycles. The number of morpholine rings is 1. The lowest BCUT2D eigenvalue weighted by molar-refractivity contribution is 0.0331. The van der Waals surface area contributed by atoms with Gasteiger partial charge in [-0.2, -0.15) is 5.10 Å². The van der Waals surface area contributed by atoms with Crippen molar-refractivity contribution in [3.05, 3.63) is 11.4 Å². The minimum Gasteiger partial charge on any atom is -0.396 e. The lowest BCUT2D eigenvalue weighted by Gasteiger charge is -2.26. The van der Waals surface area contributed by atoms with Crippen molar-refractivity contribution in [1.82, 2.24) is 14.7 Å². The van der Waals surface area contributed by atoms with Crippen LogP contribution in [0.25, 0.3) is 0 Å². The summed E-state index contributed by atoms with van der Waals surface area (Å²) in [6, 6.07) is 0. The third-order valence-corrected chi connectivity index (χ3v) is 3.06. The first kappa shape index (κ1) is 11.4. The van der Waals surface area contributed by atoms with Gasteiger partial charge in [-0.3, -0.25) is 9.58 Å². The summed E-state index contributed by atoms with van der Waals surface area (Å²) in [5.41, 5.74) is 8.97. The number of aryl methyl sites for hydroxylation is 2. The van der Waals surface area contributed by atoms with Gasteiger partial charge in [0.25, 0.3) is 0 Å². The fourth-order valence-electron chi connectivity index (χ4n) is 2.04. The van der Waals surface area contributed by atoms with Gasteiger partial charge >= 0.3 is 0 Å². The predicted octanol–water partition coefficient (Wildman–Crippen LogP) is 0.626. The molecule has 90 valence electrons. The minimum absolute atomic E-state index is 0.819. The quantitative estimate of drug-likeness (QED) is 0.818. The Morgan fingerprint density at radius 2 is 2.06 bits per heavy atom. The zero-order valence-electron chi connectivity index (χ0n) is 10.1. The maximum Gasteiger partial charge on any atom is 0.0826 e. The molecule has 5 heteroatoms. The van der Waals surface area contributed by atoms with Crippen LogP contribution in [0.5, 0.6) is 0 Å². The summed E-state index contributed by atoms with van der Waals surface area (Å²) in [7, 11) is 0. The third-order valence-electron chi connectivity index (χ3n) is 3.06. The molecule has 2 rings (SSSR count). The molecule has 1 aromatic heterocycles. The molecule has 0 amide bonds. The number of nitrogens with zero attached hydrogens (tertiary/aromatic N) is 3. The van der Waals surface area contributed by atoms with E-state index in [4.69, 9.17) is 10.5 Å². The van der Waals surface area contributed by atoms with Gasteiger partial charge < -0.3 is 10.5 Å². The van der Waals surface area contributed by atoms with Crippen LogP contribution in [-0.4, -0.2) is 41.0 Å². The second-order valence-electron chi connectivity index (χ2n) is 4.15. The molecule has 2 N–H and O–H groups in total. The SMILES string of the molecule is CCn1nc(C)c(N)c1CN1CCOCC1. The standard InChI is InChI=1S/C11H20N4O/c1-3-15-10(11(12)9(2)13-15)8-14-4-6-16-7-5-14/h3-8,12H2,1-2H3. The summed E-state index contributed by atoms with van der Waals surface area (Å²) < 4.78 is 7.33. The number of aromatic nitrogens is 2. The summed E-state index contributed by atoms with van der Waals surface area (Å²) in [5, 5.41) is 4.43. The number of nitrogens with two attached hydrogens (primary N) is 1. The van der Waals surface area contributed by atoms with Crippen molar-refractivity contribution in [1.29, 1.82) is 0 Å². The van der Waals surface area contributed by atoms with Gasteiger partial charge in [-0.25, -0.2) is 0 Å². The van der Waals surface area contributed by atoms with Gasteiger partial charge in [0.15, 0.2) is 0 Å². The molecule has 0 aromatic carbocycles. The van der Waals surface area contributed by atoms with Gasteiger partial charge in [-0.15, -0.1) is 0 Å². The molecule has 1 aromatic rings. The molecular weight excluding hydrogens is 204 g/mol. The average Bonchev–Trinajstić information content (AvgIpc) is 2.58. The van der Waals surface area contributed by atoms with E-state index in [0.29, 0.717) is 0 Å². The summed E-state index contributed by atoms with van der Waals surface area (Å²) in [6.45, 7) is 9.40. The fraction of sp³-hybridized carbons (Fsp3) is 0.727. The molecule has 0 atom stereocenters. The highest BCUT2D eigenvalue weighted by Crippen LogP contribution is 2.18. The number of hydrogen-bond acceptors (Lipinski definition) is 4. The zero-order chi connectivity index (χ0) is 11.5. The normalized spacial score (nSPS) is 17.9. The van der Waals surface area contributed by atoms with E-state index in [2.05, 4.69) is 16.9 Å². The largest absolute Gasteiger partial charge is 0.396 e. The lowest BCUT2D eigenvalue weighted by atomic mass is 10.2. The van der Waals surface area contributed by atoms with E-state index in [0.717, 1.165) is 56.5 Å². The summed E-state index contributed by atoms with van der Waals surface area (Å²) in [4.78, 5) is 2.36. The molecule has 0 spiro atoms. The number of nitrogen functional groups attached to an aromatic ring is 1. The van der Waals surface area contributed by atoms with Gasteiger partial charge in [0, 0.05) is 26.2 Å². The van der Waals surface area contributed by atoms with E-state index in [9.17, 15) is 0 Å². The Kier molecular flexibility index (Phi) is 3.46. The van der Waals surface area contributed by atoms with Crippen LogP contribution >= 0.6 is 0 Å². The Morgan fingerprint density at radius 3 is 2.69 bits per heavy atom. The highest BCUT2D eigenvalue weighted by atomic mass is 16.5. The molecule has 0 radical (unpaired) electrons. The van der Waals surface area contributed by atoms with Gasteiger partial charge in [-0.05, 0) is 13.8 Å². The van der Waals surface area contributed by atoms with Crippen LogP contribution in [0.15, 0.2) is 0 Å². The Morgan fingerprint density at radius 1 is 1.38 bits per heavy atom. The number of hydrogen-bond donors (Lipinski definition) is 1. The molecule has 0 bridgehead atoms. The van der Waals surface area contributed by atoms with E-state index < -0.39 is 0 Å². The Bertz CT molecular complexity index is 355. The summed E-state index contributed by atoms with van der Waals surface area (Å²) in [6.07, 6.45) is 0. The van der Waals surface area contributed by atoms with Crippen molar-refractivity contribution in [2.24, 2.45) is 0 Å². The van der Waals surface area contributed by atoms with Gasteiger partial charge in [0.2, 0.25) is 0 Å². The van der Waals surface area contributed by atoms with Crippen molar-refractivity contribution in [2.75, 3.05) is 32.0 Å². The maximum atomic E-state index is 6.05. The summed E-state index contributed by atoms with van der Waals surface area (Å²) in [5.74, 6) is 0. The predicted molar refractivity (Wildman–Crippen MR) is 63.1 cm³/mol. The van der Waals surface area contributed by atoms with Crippen LogP contribution in [-0.2, 0) is 17.8 Å². The molecule has 1 aliphatic rings. The van der Waals surface area contributed by atoms with Crippen molar-refractivity contribution < 1.29 is 4.74 Å². The van der Waals surface area contributed by atoms with Crippen LogP contribution in [0.2, 0.25) is 0 Å². The third kappa shape index (κ3) is 2.20. The van der Waals surface area contributed by atoms with Crippen LogP contribution in [0.3, 0.4) is 0 Å². The minimum atomic E-state index is 0.819. The van der Waals surface area contributed by atoms with Crippen molar-refractivity contribution >= 4 is 5.69 Å². The number of rotatable bonds is 3. The second-order valence-corrected chi connectivity index (χ2v) is 4.15. The zero-order valence-corrected chi connectivity index (χ0v) is 10.1. The molecule has 16 heavy (non-hydrogen) atoms. The lowest BCUT2D eigenvalue weighted by Crippen LogP contribution is -2.36. The first-order valence-electron chi connectivity index (χ1n) is 5.84. The molecule has 1 aliphatic heterocycles. The van der Waals surface area contributed by atoms with Crippen molar-refractivity contribution in [3.8, 4) is 0 Å². The molecule has 1 fully saturated rings. The molecule has 1 saturated heterocycles. The van der Waals surface area contributed by atoms with Gasteiger partial charge in [0.05, 0.1) is 30.3 Å². The number of ether oxygens (including phenoxy) is 1. The second kappa shape index (κ2) is 4.84. The van der Waals surface area contributed by atoms with Crippen LogP contribution < -0.4 is 5.73 Å². The summed E-state index contributed by atoms with van der Waals surface area (Å²) >= 11 is 0. The smallest absolute Gasteiger partial charge is 0.0826 e. The van der Waals surface area contributed by atoms with Crippen LogP contribution in [0.1, 0.15) is 18.3 Å². The molecule has 0 saturated carbocycles. The first-order chi connectivity index (χ1) is 7.72. The monoisotopic (exact) mass is 224 g/mol. The molecule has 5 nitrogen and oxygen atoms in total. The van der Waals surface area contributed by atoms with E-state index in [1.54, 1.807) is 0 Å². The van der Waals surface area contributed by atoms with E-state index in [-0.39, 0.29) is 0 Å². The van der Waals surface area contributed by atoms with E-state index in [1.807, 2.05) is 11.6 Å². The molecular formula is C11H20N4O. The molecule has 0 unspecified atom stereocenters. The van der Waals surface area contributed by atoms with Crippen LogP contribution in [0.4, 0.5) is 5.69 Å². The number of anilines is 1. The Balaban J connectivity index is 2.12. The van der Waals surface area contributed by atoms with Crippen LogP contribution in [0, 0.1) is 6.92 Å². The highest BCUT2D eigenvalue weighted by Gasteiger charge is 2.17. The molecule has 0 aliphatic carbocycles. The topological polar surface area (TPSA) is 56.3 Å².